The molecule has 1 aliphatic rings. The van der Waals surface area contributed by atoms with Gasteiger partial charge in [-0.3, -0.25) is 0 Å². The molecule has 0 saturated carbocycles. The van der Waals surface area contributed by atoms with Crippen LogP contribution in [0.1, 0.15) is 0 Å². The SMILES string of the molecule is CN1CCN(C(=O)Nc2ccc(Cl)c(Cl)c2)C(CN)C1. The minimum atomic E-state index is -0.160. The average molecular weight is 317 g/mol. The molecule has 1 aromatic carbocycles. The number of anilines is 1. The van der Waals surface area contributed by atoms with Crippen molar-refractivity contribution in [2.75, 3.05) is 38.5 Å². The Hall–Kier alpha value is -1.01. The van der Waals surface area contributed by atoms with Gasteiger partial charge in [0.25, 0.3) is 0 Å². The van der Waals surface area contributed by atoms with Gasteiger partial charge >= 0.3 is 6.03 Å². The zero-order valence-electron chi connectivity index (χ0n) is 11.3. The molecule has 0 aliphatic carbocycles. The number of rotatable bonds is 2. The second kappa shape index (κ2) is 6.63. The van der Waals surface area contributed by atoms with E-state index in [9.17, 15) is 4.79 Å². The number of halogens is 2. The zero-order chi connectivity index (χ0) is 14.7. The van der Waals surface area contributed by atoms with Crippen LogP contribution in [0, 0.1) is 0 Å². The number of amides is 2. The Morgan fingerprint density at radius 1 is 1.40 bits per heavy atom. The molecule has 2 rings (SSSR count). The van der Waals surface area contributed by atoms with Gasteiger partial charge in [0.1, 0.15) is 0 Å². The number of nitrogens with one attached hydrogen (secondary N) is 1. The molecule has 110 valence electrons. The van der Waals surface area contributed by atoms with Gasteiger partial charge in [-0.05, 0) is 25.2 Å². The van der Waals surface area contributed by atoms with Gasteiger partial charge in [0, 0.05) is 31.9 Å². The fourth-order valence-corrected chi connectivity index (χ4v) is 2.55. The summed E-state index contributed by atoms with van der Waals surface area (Å²) in [7, 11) is 2.02. The van der Waals surface area contributed by atoms with E-state index in [1.54, 1.807) is 23.1 Å². The molecule has 5 nitrogen and oxygen atoms in total. The van der Waals surface area contributed by atoms with Crippen molar-refractivity contribution in [3.05, 3.63) is 28.2 Å². The second-order valence-electron chi connectivity index (χ2n) is 4.90. The largest absolute Gasteiger partial charge is 0.328 e. The molecule has 7 heteroatoms. The molecule has 0 bridgehead atoms. The highest BCUT2D eigenvalue weighted by Gasteiger charge is 2.28. The smallest absolute Gasteiger partial charge is 0.322 e. The topological polar surface area (TPSA) is 61.6 Å². The maximum absolute atomic E-state index is 12.3. The third kappa shape index (κ3) is 3.55. The fraction of sp³-hybridized carbons (Fsp3) is 0.462. The van der Waals surface area contributed by atoms with Crippen molar-refractivity contribution in [2.24, 2.45) is 5.73 Å². The molecule has 20 heavy (non-hydrogen) atoms. The van der Waals surface area contributed by atoms with Gasteiger partial charge in [-0.2, -0.15) is 0 Å². The molecule has 0 aromatic heterocycles. The standard InChI is InChI=1S/C13H18Cl2N4O/c1-18-4-5-19(10(7-16)8-18)13(20)17-9-2-3-11(14)12(15)6-9/h2-3,6,10H,4-5,7-8,16H2,1H3,(H,17,20). The molecule has 1 atom stereocenters. The molecular formula is C13H18Cl2N4O. The minimum absolute atomic E-state index is 0.0246. The zero-order valence-corrected chi connectivity index (χ0v) is 12.8. The van der Waals surface area contributed by atoms with E-state index in [0.29, 0.717) is 28.8 Å². The Bertz CT molecular complexity index is 497. The van der Waals surface area contributed by atoms with E-state index in [1.807, 2.05) is 7.05 Å². The second-order valence-corrected chi connectivity index (χ2v) is 5.72. The van der Waals surface area contributed by atoms with Crippen molar-refractivity contribution < 1.29 is 4.79 Å². The summed E-state index contributed by atoms with van der Waals surface area (Å²) in [5.41, 5.74) is 6.37. The number of likely N-dealkylation sites (N-methyl/N-ethyl adjacent to an activating group) is 1. The third-order valence-corrected chi connectivity index (χ3v) is 4.13. The van der Waals surface area contributed by atoms with Crippen LogP contribution in [0.15, 0.2) is 18.2 Å². The lowest BCUT2D eigenvalue weighted by molar-refractivity contribution is 0.120. The van der Waals surface area contributed by atoms with E-state index in [-0.39, 0.29) is 12.1 Å². The van der Waals surface area contributed by atoms with E-state index < -0.39 is 0 Å². The molecule has 1 aliphatic heterocycles. The summed E-state index contributed by atoms with van der Waals surface area (Å²) in [5, 5.41) is 3.71. The first-order chi connectivity index (χ1) is 9.51. The summed E-state index contributed by atoms with van der Waals surface area (Å²) in [6, 6.07) is 4.88. The van der Waals surface area contributed by atoms with Crippen molar-refractivity contribution in [1.29, 1.82) is 0 Å². The van der Waals surface area contributed by atoms with Crippen LogP contribution >= 0.6 is 23.2 Å². The van der Waals surface area contributed by atoms with E-state index in [0.717, 1.165) is 13.1 Å². The minimum Gasteiger partial charge on any atom is -0.328 e. The number of piperazine rings is 1. The van der Waals surface area contributed by atoms with Crippen LogP contribution in [0.3, 0.4) is 0 Å². The molecule has 1 fully saturated rings. The molecule has 1 heterocycles. The van der Waals surface area contributed by atoms with Crippen LogP contribution < -0.4 is 11.1 Å². The molecule has 1 aromatic rings. The lowest BCUT2D eigenvalue weighted by Gasteiger charge is -2.39. The van der Waals surface area contributed by atoms with E-state index >= 15 is 0 Å². The van der Waals surface area contributed by atoms with Gasteiger partial charge in [0.15, 0.2) is 0 Å². The van der Waals surface area contributed by atoms with Crippen molar-refractivity contribution in [2.45, 2.75) is 6.04 Å². The van der Waals surface area contributed by atoms with Gasteiger partial charge in [-0.25, -0.2) is 4.79 Å². The van der Waals surface area contributed by atoms with Gasteiger partial charge < -0.3 is 20.9 Å². The van der Waals surface area contributed by atoms with Crippen molar-refractivity contribution in [3.8, 4) is 0 Å². The summed E-state index contributed by atoms with van der Waals surface area (Å²) >= 11 is 11.8. The van der Waals surface area contributed by atoms with E-state index in [2.05, 4.69) is 10.2 Å². The quantitative estimate of drug-likeness (QED) is 0.878. The Labute approximate surface area is 128 Å². The first kappa shape index (κ1) is 15.4. The van der Waals surface area contributed by atoms with E-state index in [1.165, 1.54) is 0 Å². The average Bonchev–Trinajstić information content (AvgIpc) is 2.42. The summed E-state index contributed by atoms with van der Waals surface area (Å²) in [5.74, 6) is 0. The highest BCUT2D eigenvalue weighted by Crippen LogP contribution is 2.25. The molecular weight excluding hydrogens is 299 g/mol. The summed E-state index contributed by atoms with van der Waals surface area (Å²) in [6.07, 6.45) is 0. The van der Waals surface area contributed by atoms with Crippen LogP contribution in [0.4, 0.5) is 10.5 Å². The lowest BCUT2D eigenvalue weighted by Crippen LogP contribution is -2.57. The number of nitrogens with zero attached hydrogens (tertiary/aromatic N) is 2. The van der Waals surface area contributed by atoms with Crippen molar-refractivity contribution in [3.63, 3.8) is 0 Å². The van der Waals surface area contributed by atoms with Gasteiger partial charge in [-0.1, -0.05) is 23.2 Å². The van der Waals surface area contributed by atoms with Crippen molar-refractivity contribution in [1.82, 2.24) is 9.80 Å². The first-order valence-electron chi connectivity index (χ1n) is 6.42. The summed E-state index contributed by atoms with van der Waals surface area (Å²) in [6.45, 7) is 2.72. The number of carbonyl (C=O) groups is 1. The molecule has 0 radical (unpaired) electrons. The Kier molecular flexibility index (Phi) is 5.10. The van der Waals surface area contributed by atoms with Crippen molar-refractivity contribution >= 4 is 34.9 Å². The number of hydrogen-bond acceptors (Lipinski definition) is 3. The highest BCUT2D eigenvalue weighted by atomic mass is 35.5. The Balaban J connectivity index is 2.05. The number of nitrogens with two attached hydrogens (primary N) is 1. The number of carbonyl (C=O) groups excluding carboxylic acids is 1. The predicted molar refractivity (Wildman–Crippen MR) is 82.5 cm³/mol. The summed E-state index contributed by atoms with van der Waals surface area (Å²) in [4.78, 5) is 16.2. The lowest BCUT2D eigenvalue weighted by atomic mass is 10.2. The van der Waals surface area contributed by atoms with Crippen LogP contribution in [0.25, 0.3) is 0 Å². The Morgan fingerprint density at radius 3 is 2.80 bits per heavy atom. The van der Waals surface area contributed by atoms with Gasteiger partial charge in [0.2, 0.25) is 0 Å². The molecule has 0 spiro atoms. The van der Waals surface area contributed by atoms with E-state index in [4.69, 9.17) is 28.9 Å². The van der Waals surface area contributed by atoms with Crippen LogP contribution in [0.5, 0.6) is 0 Å². The van der Waals surface area contributed by atoms with Crippen LogP contribution in [0.2, 0.25) is 10.0 Å². The summed E-state index contributed by atoms with van der Waals surface area (Å²) < 4.78 is 0. The number of benzene rings is 1. The molecule has 2 amide bonds. The first-order valence-corrected chi connectivity index (χ1v) is 7.18. The van der Waals surface area contributed by atoms with Gasteiger partial charge in [0.05, 0.1) is 16.1 Å². The van der Waals surface area contributed by atoms with Gasteiger partial charge in [-0.15, -0.1) is 0 Å². The highest BCUT2D eigenvalue weighted by molar-refractivity contribution is 6.42. The number of urea groups is 1. The Morgan fingerprint density at radius 2 is 2.15 bits per heavy atom. The molecule has 1 saturated heterocycles. The maximum atomic E-state index is 12.3. The van der Waals surface area contributed by atoms with Crippen LogP contribution in [-0.2, 0) is 0 Å². The molecule has 3 N–H and O–H groups in total. The normalized spacial score (nSPS) is 20.0. The number of hydrogen-bond donors (Lipinski definition) is 2. The predicted octanol–water partition coefficient (Wildman–Crippen LogP) is 2.10. The third-order valence-electron chi connectivity index (χ3n) is 3.39. The van der Waals surface area contributed by atoms with Crippen LogP contribution in [-0.4, -0.2) is 55.1 Å². The maximum Gasteiger partial charge on any atom is 0.322 e. The molecule has 1 unspecified atom stereocenters. The fourth-order valence-electron chi connectivity index (χ4n) is 2.25. The monoisotopic (exact) mass is 316 g/mol.